The van der Waals surface area contributed by atoms with Gasteiger partial charge >= 0.3 is 0 Å². The first kappa shape index (κ1) is 25.0. The zero-order chi connectivity index (χ0) is 24.6. The molecule has 1 amide bonds. The standard InChI is InChI=1S/C23H27BrN4O4S2/c1-25-23(29)22-19-13-18(15-5-6-15)21(27(34(3,31)32)11-4-12-33(2)30)14-20(19)26-28(22)17-9-7-16(24)8-10-17/h7-10,13-15H,4-6,11-12H2,1-3H3,(H,25,29). The van der Waals surface area contributed by atoms with Crippen molar-refractivity contribution in [2.45, 2.75) is 25.2 Å². The number of aromatic nitrogens is 2. The van der Waals surface area contributed by atoms with Gasteiger partial charge in [0.1, 0.15) is 11.4 Å². The fourth-order valence-corrected chi connectivity index (χ4v) is 5.83. The molecule has 3 aromatic rings. The van der Waals surface area contributed by atoms with Gasteiger partial charge in [-0.15, -0.1) is 0 Å². The van der Waals surface area contributed by atoms with Crippen molar-refractivity contribution < 1.29 is 17.8 Å². The lowest BCUT2D eigenvalue weighted by molar-refractivity contribution is 0.0957. The van der Waals surface area contributed by atoms with E-state index in [1.165, 1.54) is 10.6 Å². The summed E-state index contributed by atoms with van der Waals surface area (Å²) in [5, 5.41) is 8.08. The monoisotopic (exact) mass is 566 g/mol. The first-order valence-corrected chi connectivity index (χ1v) is 15.3. The van der Waals surface area contributed by atoms with E-state index in [0.717, 1.165) is 28.6 Å². The molecular formula is C23H27BrN4O4S2. The smallest absolute Gasteiger partial charge is 0.270 e. The van der Waals surface area contributed by atoms with E-state index >= 15 is 0 Å². The predicted molar refractivity (Wildman–Crippen MR) is 140 cm³/mol. The lowest BCUT2D eigenvalue weighted by Crippen LogP contribution is -2.32. The van der Waals surface area contributed by atoms with Crippen LogP contribution in [0.15, 0.2) is 40.9 Å². The van der Waals surface area contributed by atoms with Crippen molar-refractivity contribution in [3.63, 3.8) is 0 Å². The number of anilines is 1. The molecule has 0 aliphatic heterocycles. The van der Waals surface area contributed by atoms with E-state index in [1.807, 2.05) is 30.3 Å². The highest BCUT2D eigenvalue weighted by molar-refractivity contribution is 9.10. The Labute approximate surface area is 211 Å². The Balaban J connectivity index is 1.91. The summed E-state index contributed by atoms with van der Waals surface area (Å²) in [7, 11) is -2.00. The maximum Gasteiger partial charge on any atom is 0.270 e. The number of nitrogens with one attached hydrogen (secondary N) is 1. The summed E-state index contributed by atoms with van der Waals surface area (Å²) in [6.07, 6.45) is 5.21. The van der Waals surface area contributed by atoms with Crippen molar-refractivity contribution >= 4 is 59.6 Å². The Hall–Kier alpha value is -2.08. The molecule has 1 aliphatic rings. The zero-order valence-electron chi connectivity index (χ0n) is 19.2. The van der Waals surface area contributed by atoms with Crippen LogP contribution in [-0.2, 0) is 21.2 Å². The molecular weight excluding hydrogens is 540 g/mol. The van der Waals surface area contributed by atoms with Crippen LogP contribution in [0.1, 0.15) is 41.2 Å². The van der Waals surface area contributed by atoms with Gasteiger partial charge in [-0.1, -0.05) is 27.1 Å². The molecule has 1 N–H and O–H groups in total. The SMILES string of the molecule is CNC(=O)c1c2cc(C3CC3)c(N(CCC[S+](C)[O-])S(C)(=O)=O)cc2nn1-c1ccc(Br)cc1. The third-order valence-corrected chi connectivity index (χ3v) is 8.38. The average Bonchev–Trinajstić information content (AvgIpc) is 3.55. The third kappa shape index (κ3) is 5.27. The quantitative estimate of drug-likeness (QED) is 0.398. The van der Waals surface area contributed by atoms with Crippen LogP contribution < -0.4 is 9.62 Å². The van der Waals surface area contributed by atoms with Crippen LogP contribution in [0.4, 0.5) is 5.69 Å². The number of halogens is 1. The number of hydrogen-bond acceptors (Lipinski definition) is 5. The molecule has 182 valence electrons. The number of hydrogen-bond donors (Lipinski definition) is 1. The van der Waals surface area contributed by atoms with E-state index in [2.05, 4.69) is 21.2 Å². The summed E-state index contributed by atoms with van der Waals surface area (Å²) in [5.74, 6) is 0.384. The van der Waals surface area contributed by atoms with Crippen molar-refractivity contribution in [1.82, 2.24) is 15.1 Å². The Morgan fingerprint density at radius 2 is 1.97 bits per heavy atom. The van der Waals surface area contributed by atoms with Gasteiger partial charge in [0.2, 0.25) is 10.0 Å². The van der Waals surface area contributed by atoms with Gasteiger partial charge in [-0.2, -0.15) is 5.10 Å². The molecule has 4 rings (SSSR count). The Bertz CT molecular complexity index is 1320. The lowest BCUT2D eigenvalue weighted by atomic mass is 10.0. The largest absolute Gasteiger partial charge is 0.617 e. The van der Waals surface area contributed by atoms with Crippen molar-refractivity contribution in [1.29, 1.82) is 0 Å². The van der Waals surface area contributed by atoms with Crippen molar-refractivity contribution in [2.75, 3.05) is 36.2 Å². The van der Waals surface area contributed by atoms with Crippen LogP contribution in [0.3, 0.4) is 0 Å². The number of benzene rings is 2. The van der Waals surface area contributed by atoms with Gasteiger partial charge in [0.05, 0.1) is 29.4 Å². The molecule has 8 nitrogen and oxygen atoms in total. The number of nitrogens with zero attached hydrogens (tertiary/aromatic N) is 3. The van der Waals surface area contributed by atoms with Crippen molar-refractivity contribution in [3.8, 4) is 5.69 Å². The van der Waals surface area contributed by atoms with E-state index in [-0.39, 0.29) is 18.4 Å². The highest BCUT2D eigenvalue weighted by atomic mass is 79.9. The normalized spacial score (nSPS) is 14.9. The number of sulfonamides is 1. The van der Waals surface area contributed by atoms with E-state index in [1.54, 1.807) is 24.1 Å². The Kier molecular flexibility index (Phi) is 7.28. The number of fused-ring (bicyclic) bond motifs is 1. The topological polar surface area (TPSA) is 107 Å². The second-order valence-electron chi connectivity index (χ2n) is 8.48. The second kappa shape index (κ2) is 9.88. The van der Waals surface area contributed by atoms with Crippen LogP contribution in [0.2, 0.25) is 0 Å². The minimum absolute atomic E-state index is 0.234. The van der Waals surface area contributed by atoms with Crippen LogP contribution >= 0.6 is 15.9 Å². The van der Waals surface area contributed by atoms with Gasteiger partial charge in [0.25, 0.3) is 5.91 Å². The molecule has 0 radical (unpaired) electrons. The van der Waals surface area contributed by atoms with Gasteiger partial charge in [0, 0.05) is 29.9 Å². The van der Waals surface area contributed by atoms with Gasteiger partial charge in [-0.3, -0.25) is 9.10 Å². The molecule has 1 fully saturated rings. The maximum absolute atomic E-state index is 12.9. The molecule has 0 bridgehead atoms. The first-order chi connectivity index (χ1) is 16.1. The Morgan fingerprint density at radius 1 is 1.29 bits per heavy atom. The summed E-state index contributed by atoms with van der Waals surface area (Å²) in [6.45, 7) is 0.235. The minimum atomic E-state index is -3.58. The van der Waals surface area contributed by atoms with Gasteiger partial charge in [-0.05, 0) is 60.7 Å². The number of rotatable bonds is 9. The summed E-state index contributed by atoms with van der Waals surface area (Å²) in [4.78, 5) is 12.9. The average molecular weight is 568 g/mol. The fraction of sp³-hybridized carbons (Fsp3) is 0.391. The van der Waals surface area contributed by atoms with Crippen LogP contribution in [-0.4, -0.2) is 60.5 Å². The zero-order valence-corrected chi connectivity index (χ0v) is 22.5. The minimum Gasteiger partial charge on any atom is -0.617 e. The number of carbonyl (C=O) groups excluding carboxylic acids is 1. The first-order valence-electron chi connectivity index (χ1n) is 10.9. The van der Waals surface area contributed by atoms with Crippen molar-refractivity contribution in [2.24, 2.45) is 0 Å². The summed E-state index contributed by atoms with van der Waals surface area (Å²) in [5.41, 5.74) is 3.14. The summed E-state index contributed by atoms with van der Waals surface area (Å²) >= 11 is 2.43. The van der Waals surface area contributed by atoms with E-state index < -0.39 is 21.2 Å². The molecule has 1 atom stereocenters. The molecule has 1 unspecified atom stereocenters. The van der Waals surface area contributed by atoms with Gasteiger partial charge < -0.3 is 9.87 Å². The molecule has 0 saturated heterocycles. The van der Waals surface area contributed by atoms with Crippen molar-refractivity contribution in [3.05, 3.63) is 52.1 Å². The molecule has 2 aromatic carbocycles. The highest BCUT2D eigenvalue weighted by Gasteiger charge is 2.32. The molecule has 34 heavy (non-hydrogen) atoms. The van der Waals surface area contributed by atoms with Gasteiger partial charge in [-0.25, -0.2) is 13.1 Å². The number of carbonyl (C=O) groups is 1. The third-order valence-electron chi connectivity index (χ3n) is 5.81. The van der Waals surface area contributed by atoms with Crippen LogP contribution in [0.25, 0.3) is 16.6 Å². The molecule has 1 saturated carbocycles. The molecule has 1 heterocycles. The maximum atomic E-state index is 12.9. The van der Waals surface area contributed by atoms with E-state index in [0.29, 0.717) is 34.5 Å². The lowest BCUT2D eigenvalue weighted by Gasteiger charge is -2.25. The number of amides is 1. The van der Waals surface area contributed by atoms with E-state index in [4.69, 9.17) is 5.10 Å². The predicted octanol–water partition coefficient (Wildman–Crippen LogP) is 3.56. The second-order valence-corrected chi connectivity index (χ2v) is 12.9. The molecule has 0 spiro atoms. The van der Waals surface area contributed by atoms with Gasteiger partial charge in [0.15, 0.2) is 0 Å². The highest BCUT2D eigenvalue weighted by Crippen LogP contribution is 2.46. The fourth-order valence-electron chi connectivity index (χ4n) is 4.06. The molecule has 1 aromatic heterocycles. The molecule has 1 aliphatic carbocycles. The van der Waals surface area contributed by atoms with Crippen LogP contribution in [0, 0.1) is 0 Å². The van der Waals surface area contributed by atoms with E-state index in [9.17, 15) is 17.8 Å². The van der Waals surface area contributed by atoms with Crippen LogP contribution in [0.5, 0.6) is 0 Å². The Morgan fingerprint density at radius 3 is 2.53 bits per heavy atom. The summed E-state index contributed by atoms with van der Waals surface area (Å²) in [6, 6.07) is 11.2. The summed E-state index contributed by atoms with van der Waals surface area (Å²) < 4.78 is 41.0. The molecule has 11 heteroatoms.